The fourth-order valence-corrected chi connectivity index (χ4v) is 1.11. The van der Waals surface area contributed by atoms with Crippen LogP contribution in [0.2, 0.25) is 0 Å². The largest absolute Gasteiger partial charge is 0.289 e. The summed E-state index contributed by atoms with van der Waals surface area (Å²) < 4.78 is 29.0. The molecule has 2 N–H and O–H groups in total. The van der Waals surface area contributed by atoms with Crippen LogP contribution in [0.25, 0.3) is 0 Å². The van der Waals surface area contributed by atoms with Gasteiger partial charge in [0.25, 0.3) is 16.0 Å². The number of imide groups is 1. The van der Waals surface area contributed by atoms with E-state index >= 15 is 0 Å². The molecule has 0 fully saturated rings. The second kappa shape index (κ2) is 4.68. The number of nitrogens with one attached hydrogen (secondary N) is 1. The number of carbonyl (C=O) groups is 2. The van der Waals surface area contributed by atoms with Crippen molar-refractivity contribution in [2.24, 2.45) is 0 Å². The van der Waals surface area contributed by atoms with Crippen molar-refractivity contribution in [3.63, 3.8) is 0 Å². The van der Waals surface area contributed by atoms with Gasteiger partial charge < -0.3 is 0 Å². The topological polar surface area (TPSA) is 101 Å². The van der Waals surface area contributed by atoms with E-state index in [1.165, 1.54) is 0 Å². The van der Waals surface area contributed by atoms with Gasteiger partial charge in [-0.1, -0.05) is 13.2 Å². The Morgan fingerprint density at radius 2 is 1.93 bits per heavy atom. The highest BCUT2D eigenvalue weighted by atomic mass is 32.2. The normalized spacial score (nSPS) is 10.4. The van der Waals surface area contributed by atoms with Gasteiger partial charge in [-0.3, -0.25) is 19.5 Å². The smallest absolute Gasteiger partial charge is 0.269 e. The van der Waals surface area contributed by atoms with Gasteiger partial charge in [0.1, 0.15) is 5.75 Å². The lowest BCUT2D eigenvalue weighted by atomic mass is 10.3. The molecule has 6 nitrogen and oxygen atoms in total. The first-order valence-corrected chi connectivity index (χ1v) is 4.98. The highest BCUT2D eigenvalue weighted by molar-refractivity contribution is 7.86. The average molecular weight is 219 g/mol. The number of amides is 2. The van der Waals surface area contributed by atoms with E-state index in [-0.39, 0.29) is 0 Å². The zero-order chi connectivity index (χ0) is 11.4. The number of hydrogen-bond acceptors (Lipinski definition) is 4. The summed E-state index contributed by atoms with van der Waals surface area (Å²) in [6, 6.07) is 0. The standard InChI is InChI=1S/C7H9NO5S/c1-3-6(9)8-7(10)5(2)4-14(11,12)13/h3H,1-2,4H2,(H,8,9,10)(H,11,12,13). The second-order valence-electron chi connectivity index (χ2n) is 2.35. The van der Waals surface area contributed by atoms with Gasteiger partial charge in [-0.25, -0.2) is 0 Å². The Hall–Kier alpha value is -1.47. The summed E-state index contributed by atoms with van der Waals surface area (Å²) in [6.07, 6.45) is 0.846. The van der Waals surface area contributed by atoms with Crippen LogP contribution in [0.5, 0.6) is 0 Å². The van der Waals surface area contributed by atoms with Crippen LogP contribution in [0, 0.1) is 0 Å². The van der Waals surface area contributed by atoms with E-state index in [0.29, 0.717) is 0 Å². The molecule has 0 aromatic rings. The van der Waals surface area contributed by atoms with Crippen LogP contribution >= 0.6 is 0 Å². The highest BCUT2D eigenvalue weighted by Gasteiger charge is 2.15. The van der Waals surface area contributed by atoms with Crippen molar-refractivity contribution in [3.8, 4) is 0 Å². The molecule has 78 valence electrons. The summed E-state index contributed by atoms with van der Waals surface area (Å²) in [5, 5.41) is 1.78. The zero-order valence-electron chi connectivity index (χ0n) is 7.19. The van der Waals surface area contributed by atoms with E-state index in [0.717, 1.165) is 6.08 Å². The molecule has 0 radical (unpaired) electrons. The van der Waals surface area contributed by atoms with Crippen LogP contribution in [0.3, 0.4) is 0 Å². The lowest BCUT2D eigenvalue weighted by molar-refractivity contribution is -0.125. The third-order valence-electron chi connectivity index (χ3n) is 1.10. The maximum atomic E-state index is 10.9. The molecular weight excluding hydrogens is 210 g/mol. The molecule has 0 aliphatic heterocycles. The molecule has 2 amide bonds. The number of rotatable bonds is 4. The lowest BCUT2D eigenvalue weighted by Crippen LogP contribution is -2.31. The molecule has 7 heteroatoms. The summed E-state index contributed by atoms with van der Waals surface area (Å²) in [5.74, 6) is -2.65. The van der Waals surface area contributed by atoms with Crippen molar-refractivity contribution >= 4 is 21.9 Å². The van der Waals surface area contributed by atoms with E-state index in [1.807, 2.05) is 0 Å². The summed E-state index contributed by atoms with van der Waals surface area (Å²) in [7, 11) is -4.31. The molecule has 0 aliphatic carbocycles. The fraction of sp³-hybridized carbons (Fsp3) is 0.143. The Balaban J connectivity index is 4.36. The molecule has 0 aromatic heterocycles. The molecule has 0 atom stereocenters. The second-order valence-corrected chi connectivity index (χ2v) is 3.80. The van der Waals surface area contributed by atoms with E-state index in [4.69, 9.17) is 4.55 Å². The molecule has 0 heterocycles. The Morgan fingerprint density at radius 3 is 2.29 bits per heavy atom. The first kappa shape index (κ1) is 12.5. The molecular formula is C7H9NO5S. The van der Waals surface area contributed by atoms with E-state index < -0.39 is 33.3 Å². The van der Waals surface area contributed by atoms with Crippen molar-refractivity contribution in [2.45, 2.75) is 0 Å². The molecule has 0 saturated heterocycles. The molecule has 14 heavy (non-hydrogen) atoms. The predicted molar refractivity (Wildman–Crippen MR) is 48.9 cm³/mol. The highest BCUT2D eigenvalue weighted by Crippen LogP contribution is 1.95. The van der Waals surface area contributed by atoms with E-state index in [1.54, 1.807) is 5.32 Å². The minimum absolute atomic E-state index is 0.428. The molecule has 0 aliphatic rings. The Morgan fingerprint density at radius 1 is 1.43 bits per heavy atom. The molecule has 0 aromatic carbocycles. The SMILES string of the molecule is C=CC(=O)NC(=O)C(=C)CS(=O)(=O)O. The Kier molecular flexibility index (Phi) is 4.19. The third kappa shape index (κ3) is 5.22. The van der Waals surface area contributed by atoms with Crippen LogP contribution in [-0.4, -0.2) is 30.5 Å². The summed E-state index contributed by atoms with van der Waals surface area (Å²) in [4.78, 5) is 21.5. The molecule has 0 rings (SSSR count). The van der Waals surface area contributed by atoms with Gasteiger partial charge in [-0.2, -0.15) is 8.42 Å². The minimum Gasteiger partial charge on any atom is -0.289 e. The molecule has 0 bridgehead atoms. The monoisotopic (exact) mass is 219 g/mol. The van der Waals surface area contributed by atoms with Gasteiger partial charge in [-0.15, -0.1) is 0 Å². The molecule has 0 unspecified atom stereocenters. The van der Waals surface area contributed by atoms with Gasteiger partial charge in [0.15, 0.2) is 0 Å². The van der Waals surface area contributed by atoms with E-state index in [2.05, 4.69) is 13.2 Å². The van der Waals surface area contributed by atoms with Crippen molar-refractivity contribution in [3.05, 3.63) is 24.8 Å². The lowest BCUT2D eigenvalue weighted by Gasteiger charge is -2.02. The van der Waals surface area contributed by atoms with Crippen LogP contribution in [0.15, 0.2) is 24.8 Å². The molecule has 0 saturated carbocycles. The van der Waals surface area contributed by atoms with Crippen LogP contribution in [0.1, 0.15) is 0 Å². The maximum Gasteiger partial charge on any atom is 0.269 e. The van der Waals surface area contributed by atoms with Gasteiger partial charge in [0, 0.05) is 5.57 Å². The van der Waals surface area contributed by atoms with Crippen molar-refractivity contribution in [1.82, 2.24) is 5.32 Å². The Labute approximate surface area is 81.1 Å². The van der Waals surface area contributed by atoms with Gasteiger partial charge in [0.2, 0.25) is 5.91 Å². The Bertz CT molecular complexity index is 381. The quantitative estimate of drug-likeness (QED) is 0.479. The number of carbonyl (C=O) groups excluding carboxylic acids is 2. The predicted octanol–water partition coefficient (Wildman–Crippen LogP) is -0.741. The third-order valence-corrected chi connectivity index (χ3v) is 1.81. The summed E-state index contributed by atoms with van der Waals surface area (Å²) in [5.41, 5.74) is -0.428. The van der Waals surface area contributed by atoms with Crippen molar-refractivity contribution in [2.75, 3.05) is 5.75 Å². The summed E-state index contributed by atoms with van der Waals surface area (Å²) in [6.45, 7) is 6.18. The maximum absolute atomic E-state index is 10.9. The van der Waals surface area contributed by atoms with Crippen LogP contribution in [-0.2, 0) is 19.7 Å². The summed E-state index contributed by atoms with van der Waals surface area (Å²) >= 11 is 0. The van der Waals surface area contributed by atoms with Gasteiger partial charge in [-0.05, 0) is 6.08 Å². The van der Waals surface area contributed by atoms with Crippen molar-refractivity contribution < 1.29 is 22.6 Å². The van der Waals surface area contributed by atoms with Crippen LogP contribution in [0.4, 0.5) is 0 Å². The first-order chi connectivity index (χ1) is 6.26. The van der Waals surface area contributed by atoms with Crippen molar-refractivity contribution in [1.29, 1.82) is 0 Å². The average Bonchev–Trinajstić information content (AvgIpc) is 2.00. The van der Waals surface area contributed by atoms with Gasteiger partial charge >= 0.3 is 0 Å². The first-order valence-electron chi connectivity index (χ1n) is 3.37. The zero-order valence-corrected chi connectivity index (χ0v) is 8.00. The minimum atomic E-state index is -4.31. The van der Waals surface area contributed by atoms with Gasteiger partial charge in [0.05, 0.1) is 0 Å². The van der Waals surface area contributed by atoms with Crippen LogP contribution < -0.4 is 5.32 Å². The number of hydrogen-bond donors (Lipinski definition) is 2. The fourth-order valence-electron chi connectivity index (χ4n) is 0.537. The molecule has 0 spiro atoms. The van der Waals surface area contributed by atoms with E-state index in [9.17, 15) is 18.0 Å².